The Morgan fingerprint density at radius 1 is 0.605 bits per heavy atom. The lowest BCUT2D eigenvalue weighted by molar-refractivity contribution is -0.331. The molecule has 3 heterocycles. The second-order valence-corrected chi connectivity index (χ2v) is 10.6. The van der Waals surface area contributed by atoms with E-state index in [1.54, 1.807) is 0 Å². The van der Waals surface area contributed by atoms with Gasteiger partial charge in [0.15, 0.2) is 18.9 Å². The first kappa shape index (κ1) is 35.4. The summed E-state index contributed by atoms with van der Waals surface area (Å²) in [6.07, 6.45) is -18.9. The van der Waals surface area contributed by atoms with Crippen LogP contribution in [0, 0.1) is 0 Å². The summed E-state index contributed by atoms with van der Waals surface area (Å²) < 4.78 is 28.0. The molecule has 248 valence electrons. The van der Waals surface area contributed by atoms with Crippen molar-refractivity contribution in [3.05, 3.63) is 0 Å². The average Bonchev–Trinajstić information content (AvgIpc) is 2.93. The number of carbonyl (C=O) groups is 3. The van der Waals surface area contributed by atoms with Gasteiger partial charge in [-0.3, -0.25) is 14.4 Å². The predicted molar refractivity (Wildman–Crippen MR) is 136 cm³/mol. The van der Waals surface area contributed by atoms with Gasteiger partial charge in [-0.1, -0.05) is 0 Å². The molecule has 19 heteroatoms. The van der Waals surface area contributed by atoms with E-state index in [1.165, 1.54) is 0 Å². The number of hydrogen-bond donors (Lipinski definition) is 11. The summed E-state index contributed by atoms with van der Waals surface area (Å²) in [5, 5.41) is 89.8. The van der Waals surface area contributed by atoms with E-state index in [0.29, 0.717) is 0 Å². The largest absolute Gasteiger partial charge is 0.394 e. The Hall–Kier alpha value is -2.11. The van der Waals surface area contributed by atoms with Crippen LogP contribution in [-0.4, -0.2) is 170 Å². The number of rotatable bonds is 10. The van der Waals surface area contributed by atoms with Crippen molar-refractivity contribution in [1.29, 1.82) is 0 Å². The molecule has 15 atom stereocenters. The molecule has 3 fully saturated rings. The predicted octanol–water partition coefficient (Wildman–Crippen LogP) is -7.14. The van der Waals surface area contributed by atoms with Gasteiger partial charge in [0.2, 0.25) is 17.7 Å². The Balaban J connectivity index is 1.84. The Morgan fingerprint density at radius 2 is 1.05 bits per heavy atom. The molecule has 0 saturated carbocycles. The van der Waals surface area contributed by atoms with Crippen LogP contribution in [0.5, 0.6) is 0 Å². The molecule has 19 nitrogen and oxygen atoms in total. The molecule has 0 aromatic rings. The zero-order valence-electron chi connectivity index (χ0n) is 23.6. The second kappa shape index (κ2) is 15.3. The molecule has 0 aromatic carbocycles. The Labute approximate surface area is 245 Å². The fourth-order valence-corrected chi connectivity index (χ4v) is 5.17. The summed E-state index contributed by atoms with van der Waals surface area (Å²) in [5.41, 5.74) is 0. The highest BCUT2D eigenvalue weighted by atomic mass is 16.7. The van der Waals surface area contributed by atoms with Crippen LogP contribution >= 0.6 is 0 Å². The van der Waals surface area contributed by atoms with Gasteiger partial charge in [0.05, 0.1) is 19.8 Å². The third-order valence-corrected chi connectivity index (χ3v) is 7.28. The number of ether oxygens (including phenoxy) is 5. The zero-order valence-corrected chi connectivity index (χ0v) is 23.6. The van der Waals surface area contributed by atoms with Gasteiger partial charge in [0.25, 0.3) is 0 Å². The Kier molecular flexibility index (Phi) is 12.5. The lowest BCUT2D eigenvalue weighted by atomic mass is 9.94. The highest BCUT2D eigenvalue weighted by Crippen LogP contribution is 2.30. The van der Waals surface area contributed by atoms with Crippen LogP contribution in [0.4, 0.5) is 0 Å². The van der Waals surface area contributed by atoms with Crippen molar-refractivity contribution in [3.63, 3.8) is 0 Å². The maximum Gasteiger partial charge on any atom is 0.217 e. The maximum atomic E-state index is 11.9. The lowest BCUT2D eigenvalue weighted by Gasteiger charge is -2.48. The molecular formula is C24H41N3O16. The first-order valence-corrected chi connectivity index (χ1v) is 13.5. The van der Waals surface area contributed by atoms with Gasteiger partial charge in [-0.05, 0) is 0 Å². The summed E-state index contributed by atoms with van der Waals surface area (Å²) in [5.74, 6) is -1.92. The molecule has 0 aromatic heterocycles. The molecule has 0 spiro atoms. The molecule has 3 aliphatic heterocycles. The van der Waals surface area contributed by atoms with E-state index >= 15 is 0 Å². The van der Waals surface area contributed by atoms with Crippen molar-refractivity contribution >= 4 is 17.7 Å². The summed E-state index contributed by atoms with van der Waals surface area (Å²) in [6, 6.07) is -4.19. The summed E-state index contributed by atoms with van der Waals surface area (Å²) in [6.45, 7) is 1.29. The van der Waals surface area contributed by atoms with Crippen molar-refractivity contribution in [2.45, 2.75) is 113 Å². The van der Waals surface area contributed by atoms with Gasteiger partial charge in [0.1, 0.15) is 73.1 Å². The monoisotopic (exact) mass is 627 g/mol. The van der Waals surface area contributed by atoms with E-state index in [-0.39, 0.29) is 0 Å². The number of aliphatic hydroxyl groups excluding tert-OH is 8. The standard InChI is InChI=1S/C24H41N3O16/c1-7(30)25-13-19(36)16(33)10(4-28)41-23(13)39-6-12-18(35)21(15(22(38)40-12)27-9(3)32)43-24-14(26-8(2)31)20(37)17(34)11(5-29)42-24/h10-24,28-29,33-38H,4-6H2,1-3H3,(H,25,30)(H,26,31)(H,27,32)/t10-,11-,12-,13-,14-,15-,16-,17+,18+,19-,20-,21-,22+,23-,24+/m1/s1. The minimum atomic E-state index is -1.84. The molecule has 43 heavy (non-hydrogen) atoms. The quantitative estimate of drug-likeness (QED) is 0.107. The van der Waals surface area contributed by atoms with E-state index in [4.69, 9.17) is 23.7 Å². The second-order valence-electron chi connectivity index (χ2n) is 10.6. The number of carbonyl (C=O) groups excluding carboxylic acids is 3. The zero-order chi connectivity index (χ0) is 32.2. The van der Waals surface area contributed by atoms with Crippen LogP contribution in [0.25, 0.3) is 0 Å². The van der Waals surface area contributed by atoms with Gasteiger partial charge in [-0.15, -0.1) is 0 Å². The minimum Gasteiger partial charge on any atom is -0.394 e. The van der Waals surface area contributed by atoms with Gasteiger partial charge in [0, 0.05) is 20.8 Å². The summed E-state index contributed by atoms with van der Waals surface area (Å²) in [4.78, 5) is 35.4. The smallest absolute Gasteiger partial charge is 0.217 e. The molecule has 3 saturated heterocycles. The lowest BCUT2D eigenvalue weighted by Crippen LogP contribution is -2.69. The molecule has 3 amide bonds. The van der Waals surface area contributed by atoms with Gasteiger partial charge < -0.3 is 80.5 Å². The van der Waals surface area contributed by atoms with Crippen LogP contribution in [0.2, 0.25) is 0 Å². The molecule has 0 bridgehead atoms. The number of nitrogens with one attached hydrogen (secondary N) is 3. The number of amides is 3. The third kappa shape index (κ3) is 8.34. The van der Waals surface area contributed by atoms with Gasteiger partial charge in [-0.2, -0.15) is 0 Å². The van der Waals surface area contributed by atoms with E-state index in [9.17, 15) is 55.2 Å². The van der Waals surface area contributed by atoms with E-state index in [0.717, 1.165) is 20.8 Å². The van der Waals surface area contributed by atoms with Crippen molar-refractivity contribution in [2.75, 3.05) is 19.8 Å². The molecule has 0 unspecified atom stereocenters. The van der Waals surface area contributed by atoms with Crippen molar-refractivity contribution < 1.29 is 78.9 Å². The van der Waals surface area contributed by atoms with Crippen LogP contribution in [0.1, 0.15) is 20.8 Å². The molecule has 3 rings (SSSR count). The topological polar surface area (TPSA) is 295 Å². The summed E-state index contributed by atoms with van der Waals surface area (Å²) >= 11 is 0. The number of hydrogen-bond acceptors (Lipinski definition) is 16. The SMILES string of the molecule is CC(=O)N[C@@H]1[C@@H](O[C@@H]2O[C@H](CO)[C@H](O)[C@H](O)[C@H]2NC(C)=O)[C@@H](O)[C@@H](CO[C@@H]2O[C@H](CO)[C@@H](O)[C@H](O)[C@H]2NC(C)=O)O[C@@H]1O. The van der Waals surface area contributed by atoms with Crippen LogP contribution in [-0.2, 0) is 38.1 Å². The van der Waals surface area contributed by atoms with Crippen molar-refractivity contribution in [1.82, 2.24) is 16.0 Å². The fraction of sp³-hybridized carbons (Fsp3) is 0.875. The Morgan fingerprint density at radius 3 is 1.51 bits per heavy atom. The van der Waals surface area contributed by atoms with Crippen LogP contribution in [0.3, 0.4) is 0 Å². The summed E-state index contributed by atoms with van der Waals surface area (Å²) in [7, 11) is 0. The molecule has 3 aliphatic rings. The van der Waals surface area contributed by atoms with Crippen LogP contribution in [0.15, 0.2) is 0 Å². The molecular weight excluding hydrogens is 586 g/mol. The third-order valence-electron chi connectivity index (χ3n) is 7.28. The van der Waals surface area contributed by atoms with E-state index < -0.39 is 129 Å². The minimum absolute atomic E-state index is 0.603. The molecule has 0 radical (unpaired) electrons. The maximum absolute atomic E-state index is 11.9. The fourth-order valence-electron chi connectivity index (χ4n) is 5.17. The first-order chi connectivity index (χ1) is 20.2. The van der Waals surface area contributed by atoms with Gasteiger partial charge in [-0.25, -0.2) is 0 Å². The number of aliphatic hydroxyl groups is 8. The highest BCUT2D eigenvalue weighted by Gasteiger charge is 2.52. The molecule has 0 aliphatic carbocycles. The molecule has 11 N–H and O–H groups in total. The first-order valence-electron chi connectivity index (χ1n) is 13.5. The van der Waals surface area contributed by atoms with Gasteiger partial charge >= 0.3 is 0 Å². The average molecular weight is 628 g/mol. The van der Waals surface area contributed by atoms with E-state index in [2.05, 4.69) is 16.0 Å². The van der Waals surface area contributed by atoms with Crippen molar-refractivity contribution in [2.24, 2.45) is 0 Å². The van der Waals surface area contributed by atoms with Crippen LogP contribution < -0.4 is 16.0 Å². The van der Waals surface area contributed by atoms with Crippen molar-refractivity contribution in [3.8, 4) is 0 Å². The van der Waals surface area contributed by atoms with E-state index in [1.807, 2.05) is 0 Å². The normalized spacial score (nSPS) is 43.5. The Bertz CT molecular complexity index is 962. The highest BCUT2D eigenvalue weighted by molar-refractivity contribution is 5.74.